The maximum Gasteiger partial charge on any atom is 0.422 e. The predicted molar refractivity (Wildman–Crippen MR) is 103 cm³/mol. The number of carboxylic acid groups (broad SMARTS) is 1. The maximum atomic E-state index is 14.0. The number of nitrogens with zero attached hydrogens (tertiary/aromatic N) is 1. The number of amides is 1. The molecule has 1 fully saturated rings. The van der Waals surface area contributed by atoms with E-state index in [4.69, 9.17) is 15.6 Å². The first-order chi connectivity index (χ1) is 13.8. The molecule has 1 atom stereocenters. The zero-order valence-corrected chi connectivity index (χ0v) is 15.6. The predicted octanol–water partition coefficient (Wildman–Crippen LogP) is 4.56. The second kappa shape index (κ2) is 8.50. The minimum Gasteiger partial charge on any atom is -0.465 e. The number of benzene rings is 2. The zero-order valence-electron chi connectivity index (χ0n) is 15.6. The van der Waals surface area contributed by atoms with Crippen LogP contribution in [0.5, 0.6) is 11.5 Å². The van der Waals surface area contributed by atoms with Crippen molar-refractivity contribution in [3.05, 3.63) is 48.0 Å². The van der Waals surface area contributed by atoms with Crippen molar-refractivity contribution in [3.8, 4) is 11.5 Å². The van der Waals surface area contributed by atoms with Crippen molar-refractivity contribution in [2.45, 2.75) is 19.0 Å². The highest BCUT2D eigenvalue weighted by atomic mass is 19.4. The number of nitrogen functional groups attached to an aromatic ring is 1. The minimum absolute atomic E-state index is 0.00424. The summed E-state index contributed by atoms with van der Waals surface area (Å²) in [4.78, 5) is 12.3. The third-order valence-electron chi connectivity index (χ3n) is 4.80. The number of hydrogen-bond donors (Lipinski definition) is 3. The lowest BCUT2D eigenvalue weighted by Gasteiger charge is -2.36. The summed E-state index contributed by atoms with van der Waals surface area (Å²) in [5.74, 6) is -0.145. The Kier molecular flexibility index (Phi) is 6.05. The van der Waals surface area contributed by atoms with Gasteiger partial charge in [0, 0.05) is 19.6 Å². The van der Waals surface area contributed by atoms with E-state index in [1.54, 1.807) is 35.2 Å². The van der Waals surface area contributed by atoms with Gasteiger partial charge < -0.3 is 25.8 Å². The summed E-state index contributed by atoms with van der Waals surface area (Å²) in [5.41, 5.74) is 4.93. The molecule has 9 heteroatoms. The molecule has 1 saturated heterocycles. The first-order valence-electron chi connectivity index (χ1n) is 9.20. The van der Waals surface area contributed by atoms with Crippen LogP contribution in [-0.4, -0.2) is 30.8 Å². The quantitative estimate of drug-likeness (QED) is 0.630. The van der Waals surface area contributed by atoms with Crippen LogP contribution in [0.2, 0.25) is 0 Å². The number of anilines is 2. The lowest BCUT2D eigenvalue weighted by Crippen LogP contribution is -2.41. The minimum atomic E-state index is -4.68. The molecule has 6 nitrogen and oxygen atoms in total. The first-order valence-corrected chi connectivity index (χ1v) is 9.20. The van der Waals surface area contributed by atoms with E-state index in [1.807, 2.05) is 0 Å². The van der Waals surface area contributed by atoms with Gasteiger partial charge in [0.15, 0.2) is 0 Å². The Hall–Kier alpha value is -3.10. The molecule has 2 aromatic carbocycles. The fourth-order valence-electron chi connectivity index (χ4n) is 3.57. The molecule has 2 aromatic rings. The summed E-state index contributed by atoms with van der Waals surface area (Å²) in [7, 11) is 0. The third kappa shape index (κ3) is 5.04. The van der Waals surface area contributed by atoms with E-state index in [1.165, 1.54) is 12.1 Å². The molecule has 4 N–H and O–H groups in total. The van der Waals surface area contributed by atoms with Crippen molar-refractivity contribution in [2.24, 2.45) is 5.92 Å². The SMILES string of the molecule is Nc1ccc(Oc2ccccc2)c(C(F)(F)F)c1N1CCC[C@@H](CNC(=O)O)C1. The number of para-hydroxylation sites is 1. The van der Waals surface area contributed by atoms with Crippen LogP contribution < -0.4 is 20.7 Å². The zero-order chi connectivity index (χ0) is 21.0. The van der Waals surface area contributed by atoms with E-state index in [-0.39, 0.29) is 41.9 Å². The second-order valence-electron chi connectivity index (χ2n) is 6.93. The molecule has 1 aliphatic heterocycles. The Morgan fingerprint density at radius 3 is 2.62 bits per heavy atom. The summed E-state index contributed by atoms with van der Waals surface area (Å²) in [6, 6.07) is 10.9. The molecule has 1 heterocycles. The van der Waals surface area contributed by atoms with Crippen LogP contribution in [-0.2, 0) is 6.18 Å². The second-order valence-corrected chi connectivity index (χ2v) is 6.93. The van der Waals surface area contributed by atoms with Gasteiger partial charge in [-0.15, -0.1) is 0 Å². The summed E-state index contributed by atoms with van der Waals surface area (Å²) in [5, 5.41) is 11.1. The van der Waals surface area contributed by atoms with Crippen LogP contribution in [0.25, 0.3) is 0 Å². The molecule has 0 bridgehead atoms. The fraction of sp³-hybridized carbons (Fsp3) is 0.350. The van der Waals surface area contributed by atoms with Crippen LogP contribution in [0.1, 0.15) is 18.4 Å². The van der Waals surface area contributed by atoms with Crippen LogP contribution >= 0.6 is 0 Å². The number of ether oxygens (including phenoxy) is 1. The normalized spacial score (nSPS) is 17.1. The van der Waals surface area contributed by atoms with E-state index >= 15 is 0 Å². The Balaban J connectivity index is 1.96. The van der Waals surface area contributed by atoms with Crippen LogP contribution in [0.15, 0.2) is 42.5 Å². The van der Waals surface area contributed by atoms with Crippen molar-refractivity contribution in [2.75, 3.05) is 30.3 Å². The number of alkyl halides is 3. The number of piperidine rings is 1. The lowest BCUT2D eigenvalue weighted by atomic mass is 9.96. The number of hydrogen-bond acceptors (Lipinski definition) is 4. The van der Waals surface area contributed by atoms with Gasteiger partial charge in [0.05, 0.1) is 11.4 Å². The molecule has 0 aromatic heterocycles. The van der Waals surface area contributed by atoms with Crippen molar-refractivity contribution in [1.82, 2.24) is 5.32 Å². The molecule has 0 unspecified atom stereocenters. The molecule has 1 amide bonds. The number of nitrogens with one attached hydrogen (secondary N) is 1. The highest BCUT2D eigenvalue weighted by Crippen LogP contribution is 2.47. The summed E-state index contributed by atoms with van der Waals surface area (Å²) >= 11 is 0. The summed E-state index contributed by atoms with van der Waals surface area (Å²) in [6.45, 7) is 0.835. The molecule has 0 spiro atoms. The summed E-state index contributed by atoms with van der Waals surface area (Å²) < 4.78 is 47.7. The van der Waals surface area contributed by atoms with Crippen LogP contribution in [0.4, 0.5) is 29.3 Å². The van der Waals surface area contributed by atoms with Gasteiger partial charge in [0.2, 0.25) is 0 Å². The Morgan fingerprint density at radius 2 is 1.97 bits per heavy atom. The van der Waals surface area contributed by atoms with Crippen LogP contribution in [0, 0.1) is 5.92 Å². The van der Waals surface area contributed by atoms with E-state index < -0.39 is 17.8 Å². The van der Waals surface area contributed by atoms with Crippen molar-refractivity contribution >= 4 is 17.5 Å². The Morgan fingerprint density at radius 1 is 1.24 bits per heavy atom. The molecule has 29 heavy (non-hydrogen) atoms. The molecular weight excluding hydrogens is 387 g/mol. The number of rotatable bonds is 5. The van der Waals surface area contributed by atoms with E-state index in [0.717, 1.165) is 6.42 Å². The number of carbonyl (C=O) groups is 1. The first kappa shape index (κ1) is 20.6. The smallest absolute Gasteiger partial charge is 0.422 e. The van der Waals surface area contributed by atoms with Gasteiger partial charge in [-0.3, -0.25) is 0 Å². The Labute approximate surface area is 166 Å². The molecule has 1 aliphatic rings. The van der Waals surface area contributed by atoms with Crippen molar-refractivity contribution in [3.63, 3.8) is 0 Å². The molecular formula is C20H22F3N3O3. The molecule has 0 aliphatic carbocycles. The van der Waals surface area contributed by atoms with Crippen molar-refractivity contribution < 1.29 is 27.8 Å². The highest BCUT2D eigenvalue weighted by Gasteiger charge is 2.40. The highest BCUT2D eigenvalue weighted by molar-refractivity contribution is 5.76. The fourth-order valence-corrected chi connectivity index (χ4v) is 3.57. The van der Waals surface area contributed by atoms with E-state index in [9.17, 15) is 18.0 Å². The standard InChI is InChI=1S/C20H22F3N3O3/c21-20(22,23)17-16(29-14-6-2-1-3-7-14)9-8-15(24)18(17)26-10-4-5-13(12-26)11-25-19(27)28/h1-3,6-9,13,25H,4-5,10-12,24H2,(H,27,28)/t13-/m0/s1. The van der Waals surface area contributed by atoms with E-state index in [0.29, 0.717) is 13.0 Å². The van der Waals surface area contributed by atoms with Gasteiger partial charge in [0.1, 0.15) is 17.1 Å². The number of halogens is 3. The topological polar surface area (TPSA) is 87.8 Å². The van der Waals surface area contributed by atoms with Gasteiger partial charge in [-0.25, -0.2) is 4.79 Å². The molecule has 3 rings (SSSR count). The van der Waals surface area contributed by atoms with Gasteiger partial charge in [-0.1, -0.05) is 18.2 Å². The van der Waals surface area contributed by atoms with Gasteiger partial charge in [-0.05, 0) is 43.0 Å². The lowest BCUT2D eigenvalue weighted by molar-refractivity contribution is -0.138. The average Bonchev–Trinajstić information content (AvgIpc) is 2.67. The molecule has 0 saturated carbocycles. The number of nitrogens with two attached hydrogens (primary N) is 1. The van der Waals surface area contributed by atoms with Gasteiger partial charge in [0.25, 0.3) is 0 Å². The monoisotopic (exact) mass is 409 g/mol. The average molecular weight is 409 g/mol. The van der Waals surface area contributed by atoms with Crippen LogP contribution in [0.3, 0.4) is 0 Å². The van der Waals surface area contributed by atoms with Crippen molar-refractivity contribution in [1.29, 1.82) is 0 Å². The summed E-state index contributed by atoms with van der Waals surface area (Å²) in [6.07, 6.45) is -4.48. The largest absolute Gasteiger partial charge is 0.465 e. The molecule has 0 radical (unpaired) electrons. The van der Waals surface area contributed by atoms with Gasteiger partial charge >= 0.3 is 12.3 Å². The molecule has 156 valence electrons. The third-order valence-corrected chi connectivity index (χ3v) is 4.80. The van der Waals surface area contributed by atoms with Gasteiger partial charge in [-0.2, -0.15) is 13.2 Å². The maximum absolute atomic E-state index is 14.0. The van der Waals surface area contributed by atoms with E-state index in [2.05, 4.69) is 5.32 Å². The Bertz CT molecular complexity index is 859.